The molecule has 0 spiro atoms. The average molecular weight is 242 g/mol. The third kappa shape index (κ3) is 3.96. The highest BCUT2D eigenvalue weighted by Crippen LogP contribution is 2.31. The zero-order valence-corrected chi connectivity index (χ0v) is 11.3. The van der Waals surface area contributed by atoms with E-state index in [4.69, 9.17) is 4.74 Å². The molecular weight excluding hydrogens is 216 g/mol. The van der Waals surface area contributed by atoms with Crippen LogP contribution in [-0.2, 0) is 9.53 Å². The molecule has 1 amide bonds. The van der Waals surface area contributed by atoms with Gasteiger partial charge in [0.15, 0.2) is 0 Å². The van der Waals surface area contributed by atoms with Crippen LogP contribution in [0.3, 0.4) is 0 Å². The Morgan fingerprint density at radius 2 is 2.29 bits per heavy atom. The summed E-state index contributed by atoms with van der Waals surface area (Å²) in [6.07, 6.45) is 3.07. The molecule has 1 fully saturated rings. The number of rotatable bonds is 7. The molecule has 1 heterocycles. The van der Waals surface area contributed by atoms with Crippen molar-refractivity contribution in [3.63, 3.8) is 0 Å². The minimum atomic E-state index is -0.180. The van der Waals surface area contributed by atoms with E-state index in [1.54, 1.807) is 0 Å². The largest absolute Gasteiger partial charge is 0.377 e. The van der Waals surface area contributed by atoms with Crippen LogP contribution in [-0.4, -0.2) is 38.3 Å². The number of carbonyl (C=O) groups is 1. The minimum absolute atomic E-state index is 0.0944. The summed E-state index contributed by atoms with van der Waals surface area (Å²) in [7, 11) is 0. The summed E-state index contributed by atoms with van der Waals surface area (Å²) in [5, 5.41) is 6.33. The van der Waals surface area contributed by atoms with Crippen molar-refractivity contribution in [3.05, 3.63) is 0 Å². The van der Waals surface area contributed by atoms with E-state index in [0.717, 1.165) is 32.4 Å². The zero-order valence-electron chi connectivity index (χ0n) is 11.3. The van der Waals surface area contributed by atoms with Crippen molar-refractivity contribution in [2.75, 3.05) is 26.2 Å². The molecule has 4 heteroatoms. The van der Waals surface area contributed by atoms with Crippen molar-refractivity contribution in [1.29, 1.82) is 0 Å². The molecule has 0 aliphatic carbocycles. The molecule has 100 valence electrons. The lowest BCUT2D eigenvalue weighted by Gasteiger charge is -2.27. The second kappa shape index (κ2) is 6.97. The van der Waals surface area contributed by atoms with Crippen molar-refractivity contribution in [2.45, 2.75) is 46.1 Å². The fourth-order valence-electron chi connectivity index (χ4n) is 2.51. The number of nitrogens with one attached hydrogen (secondary N) is 2. The Kier molecular flexibility index (Phi) is 5.92. The quantitative estimate of drug-likeness (QED) is 0.707. The van der Waals surface area contributed by atoms with Gasteiger partial charge in [-0.3, -0.25) is 4.79 Å². The molecule has 17 heavy (non-hydrogen) atoms. The Hall–Kier alpha value is -0.610. The summed E-state index contributed by atoms with van der Waals surface area (Å²) >= 11 is 0. The van der Waals surface area contributed by atoms with Crippen LogP contribution in [0.1, 0.15) is 40.0 Å². The van der Waals surface area contributed by atoms with Crippen molar-refractivity contribution in [1.82, 2.24) is 10.6 Å². The van der Waals surface area contributed by atoms with E-state index in [2.05, 4.69) is 17.6 Å². The van der Waals surface area contributed by atoms with Crippen LogP contribution >= 0.6 is 0 Å². The highest BCUT2D eigenvalue weighted by atomic mass is 16.5. The van der Waals surface area contributed by atoms with Gasteiger partial charge in [0.25, 0.3) is 0 Å². The minimum Gasteiger partial charge on any atom is -0.377 e. The first kappa shape index (κ1) is 14.5. The third-order valence-corrected chi connectivity index (χ3v) is 3.46. The van der Waals surface area contributed by atoms with Gasteiger partial charge in [-0.05, 0) is 33.2 Å². The van der Waals surface area contributed by atoms with Gasteiger partial charge >= 0.3 is 0 Å². The van der Waals surface area contributed by atoms with Crippen LogP contribution < -0.4 is 10.6 Å². The second-order valence-electron chi connectivity index (χ2n) is 4.93. The Morgan fingerprint density at radius 1 is 1.53 bits per heavy atom. The van der Waals surface area contributed by atoms with Crippen LogP contribution in [0.5, 0.6) is 0 Å². The van der Waals surface area contributed by atoms with Crippen molar-refractivity contribution < 1.29 is 9.53 Å². The van der Waals surface area contributed by atoms with Gasteiger partial charge in [0.1, 0.15) is 0 Å². The van der Waals surface area contributed by atoms with E-state index in [0.29, 0.717) is 13.2 Å². The standard InChI is InChI=1S/C13H26N2O2/c1-4-6-13(7-8-14-10-13)12(16)15-9-11(3)17-5-2/h11,14H,4-10H2,1-3H3,(H,15,16). The molecule has 1 rings (SSSR count). The van der Waals surface area contributed by atoms with Gasteiger partial charge in [-0.25, -0.2) is 0 Å². The smallest absolute Gasteiger partial charge is 0.227 e. The van der Waals surface area contributed by atoms with Crippen molar-refractivity contribution in [2.24, 2.45) is 5.41 Å². The summed E-state index contributed by atoms with van der Waals surface area (Å²) in [6, 6.07) is 0. The lowest BCUT2D eigenvalue weighted by Crippen LogP contribution is -2.45. The van der Waals surface area contributed by atoms with Crippen LogP contribution in [0.4, 0.5) is 0 Å². The van der Waals surface area contributed by atoms with Gasteiger partial charge in [0.05, 0.1) is 11.5 Å². The molecule has 0 saturated carbocycles. The number of hydrogen-bond acceptors (Lipinski definition) is 3. The summed E-state index contributed by atoms with van der Waals surface area (Å²) in [5.74, 6) is 0.191. The molecule has 2 unspecified atom stereocenters. The number of hydrogen-bond donors (Lipinski definition) is 2. The first-order chi connectivity index (χ1) is 8.14. The SMILES string of the molecule is CCCC1(C(=O)NCC(C)OCC)CCNC1. The fourth-order valence-corrected chi connectivity index (χ4v) is 2.51. The Morgan fingerprint density at radius 3 is 2.82 bits per heavy atom. The Bertz CT molecular complexity index is 238. The molecule has 0 aromatic rings. The maximum Gasteiger partial charge on any atom is 0.227 e. The third-order valence-electron chi connectivity index (χ3n) is 3.46. The van der Waals surface area contributed by atoms with E-state index in [9.17, 15) is 4.79 Å². The molecule has 2 N–H and O–H groups in total. The Balaban J connectivity index is 2.43. The van der Waals surface area contributed by atoms with E-state index in [1.165, 1.54) is 0 Å². The Labute approximate surface area is 104 Å². The normalized spacial score (nSPS) is 25.8. The molecule has 1 saturated heterocycles. The molecule has 4 nitrogen and oxygen atoms in total. The van der Waals surface area contributed by atoms with E-state index in [1.807, 2.05) is 13.8 Å². The fraction of sp³-hybridized carbons (Fsp3) is 0.923. The average Bonchev–Trinajstić information content (AvgIpc) is 2.77. The lowest BCUT2D eigenvalue weighted by molar-refractivity contribution is -0.131. The molecule has 1 aliphatic heterocycles. The predicted molar refractivity (Wildman–Crippen MR) is 68.9 cm³/mol. The van der Waals surface area contributed by atoms with Gasteiger partial charge in [-0.15, -0.1) is 0 Å². The van der Waals surface area contributed by atoms with Crippen molar-refractivity contribution >= 4 is 5.91 Å². The maximum absolute atomic E-state index is 12.3. The van der Waals surface area contributed by atoms with E-state index in [-0.39, 0.29) is 17.4 Å². The van der Waals surface area contributed by atoms with Gasteiger partial charge in [-0.1, -0.05) is 13.3 Å². The lowest BCUT2D eigenvalue weighted by atomic mass is 9.81. The summed E-state index contributed by atoms with van der Waals surface area (Å²) in [4.78, 5) is 12.3. The zero-order chi connectivity index (χ0) is 12.7. The highest BCUT2D eigenvalue weighted by molar-refractivity contribution is 5.83. The topological polar surface area (TPSA) is 50.4 Å². The molecule has 0 aromatic carbocycles. The summed E-state index contributed by atoms with van der Waals surface area (Å²) in [6.45, 7) is 9.16. The van der Waals surface area contributed by atoms with Crippen LogP contribution in [0.15, 0.2) is 0 Å². The summed E-state index contributed by atoms with van der Waals surface area (Å²) < 4.78 is 5.42. The number of ether oxygens (including phenoxy) is 1. The molecular formula is C13H26N2O2. The monoisotopic (exact) mass is 242 g/mol. The van der Waals surface area contributed by atoms with E-state index < -0.39 is 0 Å². The molecule has 0 bridgehead atoms. The van der Waals surface area contributed by atoms with Crippen molar-refractivity contribution in [3.8, 4) is 0 Å². The van der Waals surface area contributed by atoms with Crippen LogP contribution in [0.25, 0.3) is 0 Å². The van der Waals surface area contributed by atoms with Gasteiger partial charge in [0.2, 0.25) is 5.91 Å². The van der Waals surface area contributed by atoms with Crippen LogP contribution in [0.2, 0.25) is 0 Å². The molecule has 0 aromatic heterocycles. The van der Waals surface area contributed by atoms with Gasteiger partial charge in [0, 0.05) is 19.7 Å². The molecule has 2 atom stereocenters. The predicted octanol–water partition coefficient (Wildman–Crippen LogP) is 1.31. The highest BCUT2D eigenvalue weighted by Gasteiger charge is 2.40. The second-order valence-corrected chi connectivity index (χ2v) is 4.93. The van der Waals surface area contributed by atoms with Gasteiger partial charge < -0.3 is 15.4 Å². The molecule has 1 aliphatic rings. The van der Waals surface area contributed by atoms with Gasteiger partial charge in [-0.2, -0.15) is 0 Å². The van der Waals surface area contributed by atoms with E-state index >= 15 is 0 Å². The first-order valence-electron chi connectivity index (χ1n) is 6.75. The first-order valence-corrected chi connectivity index (χ1v) is 6.75. The number of amides is 1. The molecule has 0 radical (unpaired) electrons. The number of carbonyl (C=O) groups excluding carboxylic acids is 1. The maximum atomic E-state index is 12.3. The summed E-state index contributed by atoms with van der Waals surface area (Å²) in [5.41, 5.74) is -0.180. The van der Waals surface area contributed by atoms with Crippen LogP contribution in [0, 0.1) is 5.41 Å².